The lowest BCUT2D eigenvalue weighted by atomic mass is 9.97. The number of rotatable bonds is 4. The lowest BCUT2D eigenvalue weighted by molar-refractivity contribution is 0.319. The van der Waals surface area contributed by atoms with Gasteiger partial charge in [0.1, 0.15) is 0 Å². The molecule has 3 aromatic rings. The number of nitrogens with zero attached hydrogens (tertiary/aromatic N) is 5. The first-order chi connectivity index (χ1) is 10.5. The number of hydrogen-bond acceptors (Lipinski definition) is 8. The van der Waals surface area contributed by atoms with Gasteiger partial charge in [0.05, 0.1) is 11.3 Å². The molecule has 0 N–H and O–H groups in total. The molecule has 3 rings (SSSR count). The summed E-state index contributed by atoms with van der Waals surface area (Å²) in [6.07, 6.45) is 3.37. The van der Waals surface area contributed by atoms with Crippen molar-refractivity contribution in [3.63, 3.8) is 0 Å². The highest BCUT2D eigenvalue weighted by Crippen LogP contribution is 2.26. The minimum Gasteiger partial charge on any atom is -0.411 e. The van der Waals surface area contributed by atoms with Crippen molar-refractivity contribution in [1.29, 1.82) is 0 Å². The largest absolute Gasteiger partial charge is 0.411 e. The highest BCUT2D eigenvalue weighted by atomic mass is 32.2. The Morgan fingerprint density at radius 1 is 1.23 bits per heavy atom. The average molecular weight is 317 g/mol. The maximum Gasteiger partial charge on any atom is 0.277 e. The third kappa shape index (κ3) is 3.33. The van der Waals surface area contributed by atoms with Crippen LogP contribution in [-0.2, 0) is 11.2 Å². The van der Waals surface area contributed by atoms with Gasteiger partial charge in [0.15, 0.2) is 5.82 Å². The first-order valence-electron chi connectivity index (χ1n) is 6.72. The number of pyridine rings is 1. The molecule has 3 heterocycles. The van der Waals surface area contributed by atoms with Gasteiger partial charge in [-0.1, -0.05) is 37.7 Å². The molecule has 0 bridgehead atoms. The van der Waals surface area contributed by atoms with Crippen molar-refractivity contribution >= 4 is 11.8 Å². The number of aromatic nitrogens is 5. The van der Waals surface area contributed by atoms with Crippen molar-refractivity contribution in [2.24, 2.45) is 0 Å². The van der Waals surface area contributed by atoms with Gasteiger partial charge in [-0.05, 0) is 12.1 Å². The first-order valence-corrected chi connectivity index (χ1v) is 7.71. The molecule has 3 aromatic heterocycles. The van der Waals surface area contributed by atoms with Gasteiger partial charge in [-0.3, -0.25) is 4.98 Å². The maximum atomic E-state index is 5.58. The molecule has 0 aliphatic heterocycles. The van der Waals surface area contributed by atoms with Crippen LogP contribution in [0.3, 0.4) is 0 Å². The van der Waals surface area contributed by atoms with Gasteiger partial charge >= 0.3 is 0 Å². The van der Waals surface area contributed by atoms with Crippen molar-refractivity contribution in [2.75, 3.05) is 0 Å². The topological polar surface area (TPSA) is 90.7 Å². The molecule has 0 atom stereocenters. The van der Waals surface area contributed by atoms with Crippen LogP contribution < -0.4 is 0 Å². The Bertz CT molecular complexity index is 748. The van der Waals surface area contributed by atoms with Crippen LogP contribution in [0.4, 0.5) is 0 Å². The monoisotopic (exact) mass is 317 g/mol. The lowest BCUT2D eigenvalue weighted by Crippen LogP contribution is -2.11. The quantitative estimate of drug-likeness (QED) is 0.678. The molecule has 0 aliphatic rings. The van der Waals surface area contributed by atoms with Crippen molar-refractivity contribution in [3.05, 3.63) is 36.2 Å². The highest BCUT2D eigenvalue weighted by molar-refractivity contribution is 7.98. The maximum absolute atomic E-state index is 5.58. The van der Waals surface area contributed by atoms with Crippen LogP contribution in [-0.4, -0.2) is 25.3 Å². The number of hydrogen-bond donors (Lipinski definition) is 0. The zero-order valence-electron chi connectivity index (χ0n) is 12.5. The molecule has 114 valence electrons. The summed E-state index contributed by atoms with van der Waals surface area (Å²) in [4.78, 5) is 8.39. The molecule has 0 fully saturated rings. The Kier molecular flexibility index (Phi) is 3.93. The molecule has 0 saturated carbocycles. The summed E-state index contributed by atoms with van der Waals surface area (Å²) in [6.45, 7) is 6.07. The molecule has 0 radical (unpaired) electrons. The Balaban J connectivity index is 1.65. The van der Waals surface area contributed by atoms with E-state index in [1.165, 1.54) is 11.8 Å². The molecule has 0 amide bonds. The molecule has 0 spiro atoms. The van der Waals surface area contributed by atoms with Crippen LogP contribution in [0.25, 0.3) is 11.5 Å². The minimum atomic E-state index is -0.159. The summed E-state index contributed by atoms with van der Waals surface area (Å²) < 4.78 is 10.8. The van der Waals surface area contributed by atoms with Crippen LogP contribution in [0.15, 0.2) is 38.7 Å². The van der Waals surface area contributed by atoms with E-state index in [9.17, 15) is 0 Å². The van der Waals surface area contributed by atoms with E-state index in [1.807, 2.05) is 32.9 Å². The lowest BCUT2D eigenvalue weighted by Gasteiger charge is -2.10. The predicted molar refractivity (Wildman–Crippen MR) is 80.1 cm³/mol. The van der Waals surface area contributed by atoms with Crippen molar-refractivity contribution in [3.8, 4) is 11.5 Å². The predicted octanol–water partition coefficient (Wildman–Crippen LogP) is 3.10. The van der Waals surface area contributed by atoms with Gasteiger partial charge in [-0.15, -0.1) is 10.2 Å². The molecule has 8 heteroatoms. The third-order valence-electron chi connectivity index (χ3n) is 2.75. The number of thioether (sulfide) groups is 1. The van der Waals surface area contributed by atoms with Crippen LogP contribution in [0, 0.1) is 0 Å². The van der Waals surface area contributed by atoms with E-state index in [0.29, 0.717) is 28.6 Å². The van der Waals surface area contributed by atoms with Crippen LogP contribution in [0.5, 0.6) is 0 Å². The second-order valence-electron chi connectivity index (χ2n) is 5.67. The third-order valence-corrected chi connectivity index (χ3v) is 3.56. The summed E-state index contributed by atoms with van der Waals surface area (Å²) >= 11 is 1.37. The van der Waals surface area contributed by atoms with Gasteiger partial charge in [-0.2, -0.15) is 4.98 Å². The van der Waals surface area contributed by atoms with Gasteiger partial charge < -0.3 is 8.94 Å². The van der Waals surface area contributed by atoms with Crippen LogP contribution in [0.2, 0.25) is 0 Å². The molecular weight excluding hydrogens is 302 g/mol. The normalized spacial score (nSPS) is 11.8. The van der Waals surface area contributed by atoms with E-state index in [0.717, 1.165) is 5.56 Å². The van der Waals surface area contributed by atoms with E-state index < -0.39 is 0 Å². The molecule has 0 saturated heterocycles. The van der Waals surface area contributed by atoms with E-state index in [2.05, 4.69) is 25.3 Å². The second kappa shape index (κ2) is 5.88. The van der Waals surface area contributed by atoms with Gasteiger partial charge in [-0.25, -0.2) is 0 Å². The summed E-state index contributed by atoms with van der Waals surface area (Å²) in [5.74, 6) is 2.17. The fourth-order valence-electron chi connectivity index (χ4n) is 1.62. The Labute approximate surface area is 131 Å². The van der Waals surface area contributed by atoms with Gasteiger partial charge in [0.25, 0.3) is 5.22 Å². The summed E-state index contributed by atoms with van der Waals surface area (Å²) in [7, 11) is 0. The second-order valence-corrected chi connectivity index (χ2v) is 6.60. The zero-order chi connectivity index (χ0) is 15.6. The first kappa shape index (κ1) is 14.7. The Morgan fingerprint density at radius 3 is 2.77 bits per heavy atom. The van der Waals surface area contributed by atoms with E-state index in [-0.39, 0.29) is 5.41 Å². The fourth-order valence-corrected chi connectivity index (χ4v) is 2.22. The average Bonchev–Trinajstić information content (AvgIpc) is 3.15. The Hall–Kier alpha value is -2.22. The SMILES string of the molecule is CC(C)(C)c1nc(CSc2nnc(-c3cccnc3)o2)no1. The Morgan fingerprint density at radius 2 is 2.09 bits per heavy atom. The van der Waals surface area contributed by atoms with E-state index in [4.69, 9.17) is 8.94 Å². The van der Waals surface area contributed by atoms with Crippen molar-refractivity contribution in [2.45, 2.75) is 37.2 Å². The van der Waals surface area contributed by atoms with Gasteiger partial charge in [0.2, 0.25) is 11.8 Å². The van der Waals surface area contributed by atoms with Crippen LogP contribution >= 0.6 is 11.8 Å². The van der Waals surface area contributed by atoms with E-state index in [1.54, 1.807) is 12.4 Å². The summed E-state index contributed by atoms with van der Waals surface area (Å²) in [5.41, 5.74) is 0.630. The fraction of sp³-hybridized carbons (Fsp3) is 0.357. The molecule has 22 heavy (non-hydrogen) atoms. The van der Waals surface area contributed by atoms with Crippen molar-refractivity contribution in [1.82, 2.24) is 25.3 Å². The summed E-state index contributed by atoms with van der Waals surface area (Å²) in [6, 6.07) is 3.68. The minimum absolute atomic E-state index is 0.159. The zero-order valence-corrected chi connectivity index (χ0v) is 13.3. The smallest absolute Gasteiger partial charge is 0.277 e. The standard InChI is InChI=1S/C14H15N5O2S/c1-14(2,3)12-16-10(19-21-12)8-22-13-18-17-11(20-13)9-5-4-6-15-7-9/h4-7H,8H2,1-3H3. The van der Waals surface area contributed by atoms with E-state index >= 15 is 0 Å². The molecule has 7 nitrogen and oxygen atoms in total. The molecule has 0 aromatic carbocycles. The summed E-state index contributed by atoms with van der Waals surface area (Å²) in [5, 5.41) is 12.4. The highest BCUT2D eigenvalue weighted by Gasteiger charge is 2.22. The van der Waals surface area contributed by atoms with Gasteiger partial charge in [0, 0.05) is 17.8 Å². The molecule has 0 aliphatic carbocycles. The van der Waals surface area contributed by atoms with Crippen molar-refractivity contribution < 1.29 is 8.94 Å². The molecular formula is C14H15N5O2S. The molecule has 0 unspecified atom stereocenters. The van der Waals surface area contributed by atoms with Crippen LogP contribution in [0.1, 0.15) is 32.5 Å².